The minimum Gasteiger partial charge on any atom is -0.320 e. The van der Waals surface area contributed by atoms with Crippen molar-refractivity contribution in [2.24, 2.45) is 0 Å². The van der Waals surface area contributed by atoms with Crippen LogP contribution in [0.5, 0.6) is 0 Å². The summed E-state index contributed by atoms with van der Waals surface area (Å²) in [5.41, 5.74) is -0.0139. The molecule has 0 spiro atoms. The molecule has 0 aliphatic heterocycles. The van der Waals surface area contributed by atoms with E-state index in [9.17, 15) is 23.3 Å². The van der Waals surface area contributed by atoms with Gasteiger partial charge in [0.25, 0.3) is 15.7 Å². The molecular formula is C17H13ClN4O5S2. The number of anilines is 2. The third-order valence-corrected chi connectivity index (χ3v) is 6.12. The van der Waals surface area contributed by atoms with E-state index in [0.717, 1.165) is 17.4 Å². The predicted molar refractivity (Wildman–Crippen MR) is 110 cm³/mol. The summed E-state index contributed by atoms with van der Waals surface area (Å²) in [4.78, 5) is 26.8. The van der Waals surface area contributed by atoms with Crippen molar-refractivity contribution in [1.82, 2.24) is 4.98 Å². The highest BCUT2D eigenvalue weighted by Gasteiger charge is 2.19. The number of hydrogen-bond donors (Lipinski definition) is 2. The SMILES string of the molecule is O=C(Cc1csc(NS(=O)(=O)c2ccccc2)n1)Nc1ccc(Cl)cc1[N+](=O)[O-]. The van der Waals surface area contributed by atoms with Gasteiger partial charge in [0, 0.05) is 16.5 Å². The molecule has 150 valence electrons. The Balaban J connectivity index is 1.68. The van der Waals surface area contributed by atoms with Crippen LogP contribution < -0.4 is 10.0 Å². The fraction of sp³-hybridized carbons (Fsp3) is 0.0588. The van der Waals surface area contributed by atoms with Gasteiger partial charge in [-0.3, -0.25) is 19.6 Å². The van der Waals surface area contributed by atoms with Crippen molar-refractivity contribution in [3.8, 4) is 0 Å². The Morgan fingerprint density at radius 3 is 2.62 bits per heavy atom. The lowest BCUT2D eigenvalue weighted by atomic mass is 10.2. The highest BCUT2D eigenvalue weighted by Crippen LogP contribution is 2.28. The van der Waals surface area contributed by atoms with Crippen molar-refractivity contribution in [3.63, 3.8) is 0 Å². The van der Waals surface area contributed by atoms with Crippen LogP contribution in [0.4, 0.5) is 16.5 Å². The van der Waals surface area contributed by atoms with Gasteiger partial charge in [-0.2, -0.15) is 0 Å². The second kappa shape index (κ2) is 8.55. The van der Waals surface area contributed by atoms with E-state index in [0.29, 0.717) is 5.69 Å². The molecule has 9 nitrogen and oxygen atoms in total. The third-order valence-electron chi connectivity index (χ3n) is 3.60. The van der Waals surface area contributed by atoms with E-state index in [1.807, 2.05) is 0 Å². The minimum atomic E-state index is -3.79. The lowest BCUT2D eigenvalue weighted by molar-refractivity contribution is -0.383. The summed E-state index contributed by atoms with van der Waals surface area (Å²) < 4.78 is 27.0. The van der Waals surface area contributed by atoms with Crippen LogP contribution in [0.2, 0.25) is 5.02 Å². The van der Waals surface area contributed by atoms with Crippen molar-refractivity contribution >= 4 is 55.4 Å². The van der Waals surface area contributed by atoms with E-state index in [2.05, 4.69) is 15.0 Å². The van der Waals surface area contributed by atoms with Crippen LogP contribution in [0, 0.1) is 10.1 Å². The molecule has 0 aliphatic rings. The first kappa shape index (κ1) is 20.7. The molecular weight excluding hydrogens is 440 g/mol. The van der Waals surface area contributed by atoms with Gasteiger partial charge in [-0.05, 0) is 24.3 Å². The summed E-state index contributed by atoms with van der Waals surface area (Å²) in [6.07, 6.45) is -0.191. The van der Waals surface area contributed by atoms with Gasteiger partial charge in [0.1, 0.15) is 5.69 Å². The standard InChI is InChI=1S/C17H13ClN4O5S2/c18-11-6-7-14(15(8-11)22(24)25)20-16(23)9-12-10-28-17(19-12)21-29(26,27)13-4-2-1-3-5-13/h1-8,10H,9H2,(H,19,21)(H,20,23). The highest BCUT2D eigenvalue weighted by molar-refractivity contribution is 7.93. The number of benzene rings is 2. The van der Waals surface area contributed by atoms with Crippen LogP contribution >= 0.6 is 22.9 Å². The van der Waals surface area contributed by atoms with E-state index in [4.69, 9.17) is 11.6 Å². The third kappa shape index (κ3) is 5.28. The number of thiazole rings is 1. The summed E-state index contributed by atoms with van der Waals surface area (Å²) in [5.74, 6) is -0.543. The van der Waals surface area contributed by atoms with Gasteiger partial charge in [-0.15, -0.1) is 11.3 Å². The van der Waals surface area contributed by atoms with E-state index >= 15 is 0 Å². The molecule has 3 aromatic rings. The van der Waals surface area contributed by atoms with Gasteiger partial charge in [0.15, 0.2) is 5.13 Å². The zero-order valence-electron chi connectivity index (χ0n) is 14.5. The molecule has 0 radical (unpaired) electrons. The maximum Gasteiger partial charge on any atom is 0.294 e. The number of carbonyl (C=O) groups is 1. The Bertz CT molecular complexity index is 1170. The number of halogens is 1. The Kier molecular flexibility index (Phi) is 6.11. The molecule has 0 saturated heterocycles. The van der Waals surface area contributed by atoms with Crippen molar-refractivity contribution in [3.05, 3.63) is 74.7 Å². The van der Waals surface area contributed by atoms with Crippen LogP contribution in [-0.2, 0) is 21.2 Å². The largest absolute Gasteiger partial charge is 0.320 e. The maximum absolute atomic E-state index is 12.3. The molecule has 1 heterocycles. The second-order valence-electron chi connectivity index (χ2n) is 5.71. The smallest absolute Gasteiger partial charge is 0.294 e. The number of amides is 1. The van der Waals surface area contributed by atoms with E-state index in [1.165, 1.54) is 29.6 Å². The fourth-order valence-electron chi connectivity index (χ4n) is 2.33. The number of nitrogens with zero attached hydrogens (tertiary/aromatic N) is 2. The number of nitro groups is 1. The molecule has 29 heavy (non-hydrogen) atoms. The van der Waals surface area contributed by atoms with E-state index in [-0.39, 0.29) is 32.8 Å². The van der Waals surface area contributed by atoms with Crippen LogP contribution in [0.3, 0.4) is 0 Å². The number of carbonyl (C=O) groups excluding carboxylic acids is 1. The summed E-state index contributed by atoms with van der Waals surface area (Å²) in [5, 5.41) is 15.3. The van der Waals surface area contributed by atoms with E-state index in [1.54, 1.807) is 18.2 Å². The van der Waals surface area contributed by atoms with Crippen LogP contribution in [0.1, 0.15) is 5.69 Å². The Labute approximate surface area is 174 Å². The molecule has 0 fully saturated rings. The molecule has 1 amide bonds. The van der Waals surface area contributed by atoms with Gasteiger partial charge < -0.3 is 5.32 Å². The van der Waals surface area contributed by atoms with Crippen LogP contribution in [0.25, 0.3) is 0 Å². The first-order valence-electron chi connectivity index (χ1n) is 8.00. The normalized spacial score (nSPS) is 11.1. The van der Waals surface area contributed by atoms with Crippen LogP contribution in [-0.4, -0.2) is 24.2 Å². The van der Waals surface area contributed by atoms with Gasteiger partial charge >= 0.3 is 0 Å². The van der Waals surface area contributed by atoms with Crippen molar-refractivity contribution in [1.29, 1.82) is 0 Å². The summed E-state index contributed by atoms with van der Waals surface area (Å²) in [7, 11) is -3.79. The fourth-order valence-corrected chi connectivity index (χ4v) is 4.48. The molecule has 0 saturated carbocycles. The van der Waals surface area contributed by atoms with Crippen molar-refractivity contribution < 1.29 is 18.1 Å². The predicted octanol–water partition coefficient (Wildman–Crippen LogP) is 3.69. The average molecular weight is 453 g/mol. The molecule has 0 bridgehead atoms. The molecule has 2 N–H and O–H groups in total. The topological polar surface area (TPSA) is 131 Å². The zero-order chi connectivity index (χ0) is 21.0. The highest BCUT2D eigenvalue weighted by atomic mass is 35.5. The van der Waals surface area contributed by atoms with Gasteiger partial charge in [-0.25, -0.2) is 13.4 Å². The summed E-state index contributed by atoms with van der Waals surface area (Å²) >= 11 is 6.77. The molecule has 3 rings (SSSR count). The number of rotatable bonds is 7. The molecule has 12 heteroatoms. The number of hydrogen-bond acceptors (Lipinski definition) is 7. The number of nitrogens with one attached hydrogen (secondary N) is 2. The van der Waals surface area contributed by atoms with Gasteiger partial charge in [0.05, 0.1) is 21.9 Å². The first-order chi connectivity index (χ1) is 13.7. The first-order valence-corrected chi connectivity index (χ1v) is 10.7. The average Bonchev–Trinajstić information content (AvgIpc) is 3.09. The molecule has 0 atom stereocenters. The van der Waals surface area contributed by atoms with Gasteiger partial charge in [-0.1, -0.05) is 29.8 Å². The second-order valence-corrected chi connectivity index (χ2v) is 8.68. The molecule has 1 aromatic heterocycles. The summed E-state index contributed by atoms with van der Waals surface area (Å²) in [6, 6.07) is 11.7. The Hall–Kier alpha value is -3.02. The molecule has 2 aromatic carbocycles. The number of aromatic nitrogens is 1. The zero-order valence-corrected chi connectivity index (χ0v) is 16.9. The number of sulfonamides is 1. The lowest BCUT2D eigenvalue weighted by Gasteiger charge is -2.06. The van der Waals surface area contributed by atoms with E-state index < -0.39 is 20.9 Å². The lowest BCUT2D eigenvalue weighted by Crippen LogP contribution is -2.16. The van der Waals surface area contributed by atoms with Gasteiger partial charge in [0.2, 0.25) is 5.91 Å². The maximum atomic E-state index is 12.3. The molecule has 0 unspecified atom stereocenters. The Morgan fingerprint density at radius 1 is 1.21 bits per heavy atom. The van der Waals surface area contributed by atoms with Crippen molar-refractivity contribution in [2.45, 2.75) is 11.3 Å². The quantitative estimate of drug-likeness (QED) is 0.415. The number of nitro benzene ring substituents is 1. The monoisotopic (exact) mass is 452 g/mol. The molecule has 0 aliphatic carbocycles. The summed E-state index contributed by atoms with van der Waals surface area (Å²) in [6.45, 7) is 0. The van der Waals surface area contributed by atoms with Crippen molar-refractivity contribution in [2.75, 3.05) is 10.0 Å². The Morgan fingerprint density at radius 2 is 1.93 bits per heavy atom. The minimum absolute atomic E-state index is 0.00429. The van der Waals surface area contributed by atoms with Crippen LogP contribution in [0.15, 0.2) is 58.8 Å².